The maximum absolute atomic E-state index is 9.10. The van der Waals surface area contributed by atoms with E-state index >= 15 is 0 Å². The Morgan fingerprint density at radius 1 is 0.906 bits per heavy atom. The standard InChI is InChI=1S/C26H24ClN5/c27-23-9-6-21(7-10-23)26-24(18-31-14-1-12-29-13-15-31)32-17-22(8-11-25(32)30-26)20-4-2-19(16-28)3-5-20/h2-11,17,29H,1,12-15,18H2. The molecule has 6 heteroatoms. The molecule has 0 atom stereocenters. The van der Waals surface area contributed by atoms with Crippen molar-refractivity contribution in [2.24, 2.45) is 0 Å². The number of imidazole rings is 1. The van der Waals surface area contributed by atoms with E-state index in [-0.39, 0.29) is 0 Å². The van der Waals surface area contributed by atoms with E-state index < -0.39 is 0 Å². The highest BCUT2D eigenvalue weighted by Crippen LogP contribution is 2.29. The number of nitriles is 1. The van der Waals surface area contributed by atoms with Crippen LogP contribution in [0.4, 0.5) is 0 Å². The monoisotopic (exact) mass is 441 g/mol. The van der Waals surface area contributed by atoms with E-state index in [9.17, 15) is 0 Å². The summed E-state index contributed by atoms with van der Waals surface area (Å²) in [6.07, 6.45) is 3.30. The minimum Gasteiger partial charge on any atom is -0.315 e. The van der Waals surface area contributed by atoms with Gasteiger partial charge in [-0.2, -0.15) is 5.26 Å². The summed E-state index contributed by atoms with van der Waals surface area (Å²) in [5.74, 6) is 0. The number of hydrogen-bond acceptors (Lipinski definition) is 4. The van der Waals surface area contributed by atoms with Gasteiger partial charge in [0.1, 0.15) is 5.65 Å². The zero-order chi connectivity index (χ0) is 21.9. The average Bonchev–Trinajstić information content (AvgIpc) is 2.99. The molecule has 0 saturated carbocycles. The fraction of sp³-hybridized carbons (Fsp3) is 0.231. The molecule has 0 spiro atoms. The molecule has 32 heavy (non-hydrogen) atoms. The lowest BCUT2D eigenvalue weighted by Crippen LogP contribution is -2.28. The Morgan fingerprint density at radius 3 is 2.44 bits per heavy atom. The van der Waals surface area contributed by atoms with Gasteiger partial charge in [-0.15, -0.1) is 0 Å². The molecule has 2 aromatic heterocycles. The van der Waals surface area contributed by atoms with Gasteiger partial charge in [-0.1, -0.05) is 35.9 Å². The van der Waals surface area contributed by atoms with Gasteiger partial charge in [-0.05, 0) is 67.0 Å². The first kappa shape index (κ1) is 20.7. The molecule has 0 unspecified atom stereocenters. The van der Waals surface area contributed by atoms with Crippen molar-refractivity contribution in [3.8, 4) is 28.5 Å². The molecule has 3 heterocycles. The van der Waals surface area contributed by atoms with E-state index in [1.807, 2.05) is 48.5 Å². The maximum Gasteiger partial charge on any atom is 0.137 e. The number of nitrogens with one attached hydrogen (secondary N) is 1. The van der Waals surface area contributed by atoms with E-state index in [0.29, 0.717) is 5.56 Å². The van der Waals surface area contributed by atoms with E-state index in [0.717, 1.165) is 72.2 Å². The summed E-state index contributed by atoms with van der Waals surface area (Å²) in [5, 5.41) is 13.3. The molecule has 1 N–H and O–H groups in total. The van der Waals surface area contributed by atoms with Gasteiger partial charge in [0.15, 0.2) is 0 Å². The molecule has 2 aromatic carbocycles. The summed E-state index contributed by atoms with van der Waals surface area (Å²) in [5.41, 5.74) is 7.02. The van der Waals surface area contributed by atoms with Gasteiger partial charge in [-0.3, -0.25) is 4.90 Å². The van der Waals surface area contributed by atoms with Crippen LogP contribution >= 0.6 is 11.6 Å². The molecule has 1 aliphatic rings. The van der Waals surface area contributed by atoms with Crippen molar-refractivity contribution >= 4 is 17.2 Å². The summed E-state index contributed by atoms with van der Waals surface area (Å²) in [7, 11) is 0. The van der Waals surface area contributed by atoms with Crippen molar-refractivity contribution in [1.29, 1.82) is 5.26 Å². The molecular weight excluding hydrogens is 418 g/mol. The third-order valence-electron chi connectivity index (χ3n) is 5.99. The van der Waals surface area contributed by atoms with Crippen molar-refractivity contribution in [1.82, 2.24) is 19.6 Å². The summed E-state index contributed by atoms with van der Waals surface area (Å²) in [6.45, 7) is 4.98. The third-order valence-corrected chi connectivity index (χ3v) is 6.24. The fourth-order valence-corrected chi connectivity index (χ4v) is 4.39. The fourth-order valence-electron chi connectivity index (χ4n) is 4.26. The minimum absolute atomic E-state index is 0.665. The zero-order valence-electron chi connectivity index (χ0n) is 17.8. The third kappa shape index (κ3) is 4.26. The molecule has 5 rings (SSSR count). The van der Waals surface area contributed by atoms with Crippen molar-refractivity contribution < 1.29 is 0 Å². The Bertz CT molecular complexity index is 1260. The quantitative estimate of drug-likeness (QED) is 0.484. The largest absolute Gasteiger partial charge is 0.315 e. The number of benzene rings is 2. The number of pyridine rings is 1. The maximum atomic E-state index is 9.10. The van der Waals surface area contributed by atoms with Gasteiger partial charge in [0.05, 0.1) is 23.0 Å². The Morgan fingerprint density at radius 2 is 1.66 bits per heavy atom. The molecule has 1 aliphatic heterocycles. The first-order valence-corrected chi connectivity index (χ1v) is 11.3. The molecule has 1 saturated heterocycles. The van der Waals surface area contributed by atoms with Crippen LogP contribution in [0.3, 0.4) is 0 Å². The van der Waals surface area contributed by atoms with E-state index in [1.54, 1.807) is 0 Å². The van der Waals surface area contributed by atoms with Crippen LogP contribution in [0.15, 0.2) is 66.9 Å². The minimum atomic E-state index is 0.665. The van der Waals surface area contributed by atoms with Gasteiger partial charge in [-0.25, -0.2) is 4.98 Å². The topological polar surface area (TPSA) is 56.4 Å². The molecule has 5 nitrogen and oxygen atoms in total. The van der Waals surface area contributed by atoms with Crippen LogP contribution < -0.4 is 5.32 Å². The predicted molar refractivity (Wildman–Crippen MR) is 129 cm³/mol. The molecule has 1 fully saturated rings. The molecule has 0 aliphatic carbocycles. The van der Waals surface area contributed by atoms with Crippen LogP contribution in [0.5, 0.6) is 0 Å². The lowest BCUT2D eigenvalue weighted by Gasteiger charge is -2.20. The van der Waals surface area contributed by atoms with Crippen molar-refractivity contribution in [2.75, 3.05) is 26.2 Å². The van der Waals surface area contributed by atoms with E-state index in [4.69, 9.17) is 21.8 Å². The molecule has 0 amide bonds. The second-order valence-electron chi connectivity index (χ2n) is 8.13. The summed E-state index contributed by atoms with van der Waals surface area (Å²) >= 11 is 6.14. The van der Waals surface area contributed by atoms with Gasteiger partial charge in [0.2, 0.25) is 0 Å². The predicted octanol–water partition coefficient (Wildman–Crippen LogP) is 4.99. The number of rotatable bonds is 4. The van der Waals surface area contributed by atoms with Crippen LogP contribution in [-0.4, -0.2) is 40.5 Å². The number of halogens is 1. The van der Waals surface area contributed by atoms with Crippen LogP contribution in [0, 0.1) is 11.3 Å². The normalized spacial score (nSPS) is 14.9. The number of aromatic nitrogens is 2. The average molecular weight is 442 g/mol. The molecule has 4 aromatic rings. The van der Waals surface area contributed by atoms with E-state index in [1.165, 1.54) is 5.69 Å². The highest BCUT2D eigenvalue weighted by molar-refractivity contribution is 6.30. The van der Waals surface area contributed by atoms with Crippen LogP contribution in [-0.2, 0) is 6.54 Å². The second-order valence-corrected chi connectivity index (χ2v) is 8.57. The first-order chi connectivity index (χ1) is 15.7. The Balaban J connectivity index is 1.61. The van der Waals surface area contributed by atoms with Crippen LogP contribution in [0.1, 0.15) is 17.7 Å². The first-order valence-electron chi connectivity index (χ1n) is 10.9. The Hall–Kier alpha value is -3.17. The lowest BCUT2D eigenvalue weighted by molar-refractivity contribution is 0.281. The lowest BCUT2D eigenvalue weighted by atomic mass is 10.1. The van der Waals surface area contributed by atoms with Gasteiger partial charge in [0, 0.05) is 36.4 Å². The SMILES string of the molecule is N#Cc1ccc(-c2ccc3nc(-c4ccc(Cl)cc4)c(CN4CCCNCC4)n3c2)cc1. The number of hydrogen-bond donors (Lipinski definition) is 1. The summed E-state index contributed by atoms with van der Waals surface area (Å²) < 4.78 is 2.22. The van der Waals surface area contributed by atoms with Crippen molar-refractivity contribution in [3.63, 3.8) is 0 Å². The molecule has 0 radical (unpaired) electrons. The van der Waals surface area contributed by atoms with Crippen molar-refractivity contribution in [3.05, 3.63) is 83.1 Å². The van der Waals surface area contributed by atoms with Gasteiger partial charge in [0.25, 0.3) is 0 Å². The smallest absolute Gasteiger partial charge is 0.137 e. The Labute approximate surface area is 192 Å². The second kappa shape index (κ2) is 9.13. The summed E-state index contributed by atoms with van der Waals surface area (Å²) in [4.78, 5) is 7.50. The van der Waals surface area contributed by atoms with Gasteiger partial charge < -0.3 is 9.72 Å². The Kier molecular flexibility index (Phi) is 5.91. The van der Waals surface area contributed by atoms with Crippen LogP contribution in [0.2, 0.25) is 5.02 Å². The molecular formula is C26H24ClN5. The highest BCUT2D eigenvalue weighted by atomic mass is 35.5. The number of fused-ring (bicyclic) bond motifs is 1. The van der Waals surface area contributed by atoms with Gasteiger partial charge >= 0.3 is 0 Å². The highest BCUT2D eigenvalue weighted by Gasteiger charge is 2.18. The van der Waals surface area contributed by atoms with E-state index in [2.05, 4.69) is 39.0 Å². The number of nitrogens with zero attached hydrogens (tertiary/aromatic N) is 4. The molecule has 0 bridgehead atoms. The molecule has 160 valence electrons. The summed E-state index contributed by atoms with van der Waals surface area (Å²) in [6, 6.07) is 22.0. The van der Waals surface area contributed by atoms with Crippen molar-refractivity contribution in [2.45, 2.75) is 13.0 Å². The zero-order valence-corrected chi connectivity index (χ0v) is 18.5. The van der Waals surface area contributed by atoms with Crippen LogP contribution in [0.25, 0.3) is 28.0 Å².